The first-order chi connectivity index (χ1) is 8.18. The van der Waals surface area contributed by atoms with Crippen molar-refractivity contribution in [3.63, 3.8) is 0 Å². The highest BCUT2D eigenvalue weighted by molar-refractivity contribution is 7.99. The van der Waals surface area contributed by atoms with Gasteiger partial charge < -0.3 is 5.32 Å². The lowest BCUT2D eigenvalue weighted by Crippen LogP contribution is -2.66. The van der Waals surface area contributed by atoms with Crippen molar-refractivity contribution in [1.82, 2.24) is 15.2 Å². The normalized spacial score (nSPS) is 20.9. The third-order valence-corrected chi connectivity index (χ3v) is 3.03. The first-order valence-corrected chi connectivity index (χ1v) is 6.96. The van der Waals surface area contributed by atoms with Gasteiger partial charge in [-0.2, -0.15) is 10.1 Å². The molecule has 18 heavy (non-hydrogen) atoms. The number of carbonyl (C=O) groups is 2. The molecule has 1 atom stereocenters. The number of urea groups is 2. The lowest BCUT2D eigenvalue weighted by Gasteiger charge is -2.42. The van der Waals surface area contributed by atoms with Crippen LogP contribution in [0.3, 0.4) is 0 Å². The number of imide groups is 1. The number of hydrazone groups is 1. The monoisotopic (exact) mass is 272 g/mol. The summed E-state index contributed by atoms with van der Waals surface area (Å²) in [5, 5.41) is 8.26. The molecule has 1 saturated heterocycles. The maximum atomic E-state index is 12.4. The van der Waals surface area contributed by atoms with E-state index in [9.17, 15) is 9.59 Å². The van der Waals surface area contributed by atoms with Crippen LogP contribution in [0, 0.1) is 0 Å². The molecule has 102 valence electrons. The fourth-order valence-corrected chi connectivity index (χ4v) is 2.14. The summed E-state index contributed by atoms with van der Waals surface area (Å²) in [5.74, 6) is 0. The molecule has 1 fully saturated rings. The Kier molecular flexibility index (Phi) is 4.26. The van der Waals surface area contributed by atoms with Crippen LogP contribution in [0.4, 0.5) is 9.59 Å². The summed E-state index contributed by atoms with van der Waals surface area (Å²) >= 11 is 1.36. The van der Waals surface area contributed by atoms with Crippen LogP contribution < -0.4 is 5.32 Å². The SMILES string of the molecule is CSC1NC(=O)N(C(C)(C)C)C(=O)N1N=C(C)C. The summed E-state index contributed by atoms with van der Waals surface area (Å²) in [6.45, 7) is 9.05. The zero-order valence-corrected chi connectivity index (χ0v) is 12.5. The highest BCUT2D eigenvalue weighted by atomic mass is 32.2. The maximum absolute atomic E-state index is 12.4. The quantitative estimate of drug-likeness (QED) is 0.784. The standard InChI is InChI=1S/C11H20N4O2S/c1-7(2)13-15-9(18-6)12-8(16)14(10(15)17)11(3,4)5/h9H,1-6H3,(H,12,16). The van der Waals surface area contributed by atoms with Gasteiger partial charge in [-0.3, -0.25) is 0 Å². The summed E-state index contributed by atoms with van der Waals surface area (Å²) in [5.41, 5.74) is -0.286. The Balaban J connectivity index is 3.12. The van der Waals surface area contributed by atoms with Crippen LogP contribution in [0.15, 0.2) is 5.10 Å². The second-order valence-electron chi connectivity index (χ2n) is 5.22. The molecule has 1 aliphatic rings. The van der Waals surface area contributed by atoms with Gasteiger partial charge in [-0.25, -0.2) is 14.5 Å². The van der Waals surface area contributed by atoms with Crippen LogP contribution >= 0.6 is 11.8 Å². The van der Waals surface area contributed by atoms with Gasteiger partial charge in [-0.15, -0.1) is 11.8 Å². The highest BCUT2D eigenvalue weighted by Crippen LogP contribution is 2.24. The van der Waals surface area contributed by atoms with Gasteiger partial charge >= 0.3 is 12.1 Å². The predicted molar refractivity (Wildman–Crippen MR) is 73.4 cm³/mol. The minimum absolute atomic E-state index is 0.382. The molecule has 0 bridgehead atoms. The van der Waals surface area contributed by atoms with E-state index in [0.29, 0.717) is 0 Å². The van der Waals surface area contributed by atoms with Crippen LogP contribution in [0.25, 0.3) is 0 Å². The molecule has 1 aliphatic heterocycles. The van der Waals surface area contributed by atoms with E-state index in [1.54, 1.807) is 0 Å². The first kappa shape index (κ1) is 14.8. The molecule has 0 radical (unpaired) electrons. The molecule has 1 N–H and O–H groups in total. The Morgan fingerprint density at radius 3 is 2.28 bits per heavy atom. The number of carbonyl (C=O) groups excluding carboxylic acids is 2. The summed E-state index contributed by atoms with van der Waals surface area (Å²) in [4.78, 5) is 25.5. The number of hydrogen-bond acceptors (Lipinski definition) is 4. The topological polar surface area (TPSA) is 65.0 Å². The van der Waals surface area contributed by atoms with E-state index < -0.39 is 17.1 Å². The van der Waals surface area contributed by atoms with Crippen molar-refractivity contribution in [2.24, 2.45) is 5.10 Å². The zero-order valence-electron chi connectivity index (χ0n) is 11.6. The number of nitrogens with one attached hydrogen (secondary N) is 1. The molecular weight excluding hydrogens is 252 g/mol. The molecule has 0 spiro atoms. The van der Waals surface area contributed by atoms with Crippen molar-refractivity contribution < 1.29 is 9.59 Å². The maximum Gasteiger partial charge on any atom is 0.351 e. The molecule has 1 rings (SSSR count). The van der Waals surface area contributed by atoms with Gasteiger partial charge in [0.25, 0.3) is 0 Å². The molecule has 7 heteroatoms. The van der Waals surface area contributed by atoms with Crippen LogP contribution in [-0.4, -0.2) is 45.0 Å². The highest BCUT2D eigenvalue weighted by Gasteiger charge is 2.43. The Labute approximate surface area is 112 Å². The van der Waals surface area contributed by atoms with E-state index in [0.717, 1.165) is 5.71 Å². The summed E-state index contributed by atoms with van der Waals surface area (Å²) in [7, 11) is 0. The van der Waals surface area contributed by atoms with E-state index in [4.69, 9.17) is 0 Å². The van der Waals surface area contributed by atoms with E-state index in [-0.39, 0.29) is 6.03 Å². The molecular formula is C11H20N4O2S. The minimum atomic E-state index is -0.583. The van der Waals surface area contributed by atoms with Gasteiger partial charge in [0.05, 0.1) is 0 Å². The van der Waals surface area contributed by atoms with Gasteiger partial charge in [-0.1, -0.05) is 0 Å². The van der Waals surface area contributed by atoms with Crippen molar-refractivity contribution in [3.8, 4) is 0 Å². The van der Waals surface area contributed by atoms with Gasteiger partial charge in [0, 0.05) is 11.3 Å². The van der Waals surface area contributed by atoms with Crippen LogP contribution in [0.5, 0.6) is 0 Å². The molecule has 1 heterocycles. The molecule has 4 amide bonds. The van der Waals surface area contributed by atoms with E-state index in [2.05, 4.69) is 10.4 Å². The van der Waals surface area contributed by atoms with Gasteiger partial charge in [-0.05, 0) is 40.9 Å². The average Bonchev–Trinajstić information content (AvgIpc) is 2.19. The molecule has 0 aromatic rings. The smallest absolute Gasteiger partial charge is 0.307 e. The van der Waals surface area contributed by atoms with Crippen LogP contribution in [0.2, 0.25) is 0 Å². The predicted octanol–water partition coefficient (Wildman–Crippen LogP) is 2.27. The molecule has 1 unspecified atom stereocenters. The Bertz CT molecular complexity index is 385. The van der Waals surface area contributed by atoms with Gasteiger partial charge in [0.2, 0.25) is 0 Å². The molecule has 0 aliphatic carbocycles. The average molecular weight is 272 g/mol. The second kappa shape index (κ2) is 5.17. The molecule has 6 nitrogen and oxygen atoms in total. The summed E-state index contributed by atoms with van der Waals surface area (Å²) in [6.07, 6.45) is 1.82. The fourth-order valence-electron chi connectivity index (χ4n) is 1.58. The van der Waals surface area contributed by atoms with Crippen molar-refractivity contribution >= 4 is 29.5 Å². The lowest BCUT2D eigenvalue weighted by atomic mass is 10.1. The fraction of sp³-hybridized carbons (Fsp3) is 0.727. The number of hydrogen-bond donors (Lipinski definition) is 1. The lowest BCUT2D eigenvalue weighted by molar-refractivity contribution is 0.0941. The van der Waals surface area contributed by atoms with E-state index in [1.165, 1.54) is 21.7 Å². The summed E-state index contributed by atoms with van der Waals surface area (Å²) < 4.78 is 0. The van der Waals surface area contributed by atoms with Crippen molar-refractivity contribution in [2.45, 2.75) is 45.7 Å². The van der Waals surface area contributed by atoms with Crippen molar-refractivity contribution in [3.05, 3.63) is 0 Å². The molecule has 0 saturated carbocycles. The Morgan fingerprint density at radius 2 is 1.89 bits per heavy atom. The summed E-state index contributed by atoms with van der Waals surface area (Å²) in [6, 6.07) is -0.779. The number of nitrogens with zero attached hydrogens (tertiary/aromatic N) is 3. The number of thioether (sulfide) groups is 1. The van der Waals surface area contributed by atoms with E-state index >= 15 is 0 Å². The molecule has 0 aromatic heterocycles. The Morgan fingerprint density at radius 1 is 1.33 bits per heavy atom. The first-order valence-electron chi connectivity index (χ1n) is 5.67. The zero-order chi connectivity index (χ0) is 14.1. The van der Waals surface area contributed by atoms with E-state index in [1.807, 2.05) is 40.9 Å². The number of amides is 4. The van der Waals surface area contributed by atoms with Crippen LogP contribution in [0.1, 0.15) is 34.6 Å². The molecule has 0 aromatic carbocycles. The van der Waals surface area contributed by atoms with Crippen molar-refractivity contribution in [2.75, 3.05) is 6.26 Å². The third kappa shape index (κ3) is 2.95. The van der Waals surface area contributed by atoms with Gasteiger partial charge in [0.1, 0.15) is 0 Å². The number of rotatable bonds is 2. The van der Waals surface area contributed by atoms with Crippen molar-refractivity contribution in [1.29, 1.82) is 0 Å². The van der Waals surface area contributed by atoms with Gasteiger partial charge in [0.15, 0.2) is 5.50 Å². The minimum Gasteiger partial charge on any atom is -0.307 e. The largest absolute Gasteiger partial charge is 0.351 e. The Hall–Kier alpha value is -1.24. The van der Waals surface area contributed by atoms with Crippen LogP contribution in [-0.2, 0) is 0 Å². The second-order valence-corrected chi connectivity index (χ2v) is 6.14. The third-order valence-electron chi connectivity index (χ3n) is 2.26.